The lowest BCUT2D eigenvalue weighted by atomic mass is 9.84. The molecule has 6 fully saturated rings. The van der Waals surface area contributed by atoms with E-state index >= 15 is 0 Å². The molecule has 0 aliphatic heterocycles. The molecule has 616 valence electrons. The fourth-order valence-corrected chi connectivity index (χ4v) is 14.8. The zero-order valence-electron chi connectivity index (χ0n) is 68.2. The molecule has 6 saturated carbocycles. The van der Waals surface area contributed by atoms with E-state index in [0.29, 0.717) is 36.3 Å². The van der Waals surface area contributed by atoms with Gasteiger partial charge in [-0.3, -0.25) is 0 Å². The van der Waals surface area contributed by atoms with Gasteiger partial charge in [-0.2, -0.15) is 0 Å². The van der Waals surface area contributed by atoms with Crippen molar-refractivity contribution in [3.05, 3.63) is 209 Å². The van der Waals surface area contributed by atoms with E-state index in [1.54, 1.807) is 97.1 Å². The van der Waals surface area contributed by atoms with E-state index in [-0.39, 0.29) is 38.9 Å². The Kier molecular flexibility index (Phi) is 37.5. The average molecular weight is 1560 g/mol. The first kappa shape index (κ1) is 90.6. The number of aromatic carboxylic acids is 7. The standard InChI is InChI=1S/C17H23NO2.C15H19NO2.C15H23NO2.C13H15NO2.C13H19NO2.C11H15NO2.C9H11NO2/c19-17(20)13-9-11-16(12-10-13)18(14-5-1-2-6-14)15-7-3-4-8-15;17-15(18)11-7-9-14(10-8-11)16(12-3-1-4-12)13-5-2-6-13;1-3-5-11-16(12-6-4-2)14-9-7-13(8-10-14)15(17)18;15-13(16)9-1-3-10(4-2-9)14(11-5-6-11)12-7-8-12;1-3-9-14(10-4-2)12-7-5-11(6-8-12)13(15)16;1-3-12(4-2)10-7-5-9(6-8-10)11(13)14;1-10(2)8-5-3-7(4-6-8)9(11)12/h9-12,14-15H,1-8H2,(H,19,20);7-10,12-13H,1-6H2,(H,17,18);7-10H,3-6,11-12H2,1-2H3,(H,17,18);1-4,11-12H,5-8H2,(H,15,16);5-8H,3-4,9-10H2,1-2H3,(H,15,16);5-8H,3-4H2,1-2H3,(H,13,14);3-6H,1-2H3,(H,11,12)/p-7. The van der Waals surface area contributed by atoms with Crippen LogP contribution in [0.2, 0.25) is 0 Å². The Labute approximate surface area is 675 Å². The third kappa shape index (κ3) is 28.5. The number of hydrogen-bond acceptors (Lipinski definition) is 21. The zero-order chi connectivity index (χ0) is 82.6. The average Bonchev–Trinajstić information content (AvgIpc) is 1.64. The van der Waals surface area contributed by atoms with E-state index in [0.717, 1.165) is 93.4 Å². The first-order valence-corrected chi connectivity index (χ1v) is 41.4. The molecule has 6 aliphatic rings. The van der Waals surface area contributed by atoms with Crippen molar-refractivity contribution < 1.29 is 69.3 Å². The molecule has 21 heteroatoms. The molecule has 0 radical (unpaired) electrons. The first-order chi connectivity index (χ1) is 54.9. The van der Waals surface area contributed by atoms with Crippen molar-refractivity contribution in [1.82, 2.24) is 0 Å². The summed E-state index contributed by atoms with van der Waals surface area (Å²) >= 11 is 0. The van der Waals surface area contributed by atoms with Crippen LogP contribution in [0.25, 0.3) is 0 Å². The monoisotopic (exact) mass is 1560 g/mol. The number of carboxylic acid groups (broad SMARTS) is 7. The van der Waals surface area contributed by atoms with Crippen LogP contribution in [0, 0.1) is 0 Å². The lowest BCUT2D eigenvalue weighted by molar-refractivity contribution is -0.256. The Bertz CT molecular complexity index is 3980. The number of carbonyl (C=O) groups is 7. The maximum atomic E-state index is 10.9. The van der Waals surface area contributed by atoms with E-state index in [2.05, 4.69) is 70.9 Å². The van der Waals surface area contributed by atoms with Gasteiger partial charge in [0, 0.05) is 129 Å². The zero-order valence-corrected chi connectivity index (χ0v) is 68.2. The maximum absolute atomic E-state index is 10.9. The molecular formula is C93H118N7O14-7. The molecule has 13 rings (SSSR count). The summed E-state index contributed by atoms with van der Waals surface area (Å²) in [5.74, 6) is -7.79. The largest absolute Gasteiger partial charge is 0.545 e. The highest BCUT2D eigenvalue weighted by atomic mass is 16.4. The van der Waals surface area contributed by atoms with Crippen molar-refractivity contribution in [3.63, 3.8) is 0 Å². The first-order valence-electron chi connectivity index (χ1n) is 41.4. The summed E-state index contributed by atoms with van der Waals surface area (Å²) in [6.07, 6.45) is 30.1. The summed E-state index contributed by atoms with van der Waals surface area (Å²) in [4.78, 5) is 90.6. The van der Waals surface area contributed by atoms with Crippen LogP contribution in [-0.4, -0.2) is 131 Å². The van der Waals surface area contributed by atoms with Crippen molar-refractivity contribution >= 4 is 81.6 Å². The van der Waals surface area contributed by atoms with E-state index in [9.17, 15) is 69.3 Å². The minimum atomic E-state index is -1.14. The predicted molar refractivity (Wildman–Crippen MR) is 441 cm³/mol. The van der Waals surface area contributed by atoms with Gasteiger partial charge in [0.15, 0.2) is 0 Å². The van der Waals surface area contributed by atoms with Crippen molar-refractivity contribution in [2.75, 3.05) is 87.7 Å². The van der Waals surface area contributed by atoms with E-state index in [1.807, 2.05) is 79.7 Å². The van der Waals surface area contributed by atoms with Gasteiger partial charge in [0.25, 0.3) is 0 Å². The summed E-state index contributed by atoms with van der Waals surface area (Å²) in [5.41, 5.74) is 9.42. The Morgan fingerprint density at radius 2 is 0.439 bits per heavy atom. The highest BCUT2D eigenvalue weighted by Gasteiger charge is 2.39. The lowest BCUT2D eigenvalue weighted by Crippen LogP contribution is -2.49. The SMILES string of the molecule is CCCCN(CCCC)c1ccc(C(=O)[O-])cc1.CCCN(CCC)c1ccc(C(=O)[O-])cc1.CCN(CC)c1ccc(C(=O)[O-])cc1.CN(C)c1ccc(C(=O)[O-])cc1.O=C([O-])c1ccc(N(C2CC2)C2CC2)cc1.O=C([O-])c1ccc(N(C2CCC2)C2CCC2)cc1.O=C([O-])c1ccc(N(C2CCCC2)C2CCCC2)cc1. The second-order valence-corrected chi connectivity index (χ2v) is 30.3. The quantitative estimate of drug-likeness (QED) is 0.0378. The Morgan fingerprint density at radius 3 is 0.614 bits per heavy atom. The van der Waals surface area contributed by atoms with E-state index < -0.39 is 41.8 Å². The number of hydrogen-bond donors (Lipinski definition) is 0. The fraction of sp³-hybridized carbons (Fsp3) is 0.473. The minimum absolute atomic E-state index is 0.209. The van der Waals surface area contributed by atoms with Crippen molar-refractivity contribution in [1.29, 1.82) is 0 Å². The van der Waals surface area contributed by atoms with Crippen LogP contribution >= 0.6 is 0 Å². The van der Waals surface area contributed by atoms with Gasteiger partial charge in [0.2, 0.25) is 0 Å². The van der Waals surface area contributed by atoms with Crippen LogP contribution in [-0.2, 0) is 0 Å². The minimum Gasteiger partial charge on any atom is -0.545 e. The second kappa shape index (κ2) is 47.2. The molecule has 0 amide bonds. The molecule has 21 nitrogen and oxygen atoms in total. The van der Waals surface area contributed by atoms with Crippen molar-refractivity contribution in [2.45, 2.75) is 232 Å². The van der Waals surface area contributed by atoms with Gasteiger partial charge in [-0.05, 0) is 253 Å². The fourth-order valence-electron chi connectivity index (χ4n) is 14.8. The lowest BCUT2D eigenvalue weighted by Gasteiger charge is -2.47. The van der Waals surface area contributed by atoms with Crippen LogP contribution in [0.4, 0.5) is 39.8 Å². The third-order valence-electron chi connectivity index (χ3n) is 21.8. The number of unbranched alkanes of at least 4 members (excludes halogenated alkanes) is 2. The molecule has 7 aromatic carbocycles. The number of carboxylic acids is 7. The summed E-state index contributed by atoms with van der Waals surface area (Å²) in [7, 11) is 3.79. The topological polar surface area (TPSA) is 304 Å². The van der Waals surface area contributed by atoms with Crippen LogP contribution in [0.15, 0.2) is 170 Å². The van der Waals surface area contributed by atoms with Crippen LogP contribution in [0.1, 0.15) is 268 Å². The summed E-state index contributed by atoms with van der Waals surface area (Å²) in [6, 6.07) is 52.8. The molecule has 0 unspecified atom stereocenters. The van der Waals surface area contributed by atoms with Gasteiger partial charge in [-0.15, -0.1) is 0 Å². The number of anilines is 7. The van der Waals surface area contributed by atoms with Crippen molar-refractivity contribution in [2.24, 2.45) is 0 Å². The van der Waals surface area contributed by atoms with Crippen molar-refractivity contribution in [3.8, 4) is 0 Å². The molecule has 0 atom stereocenters. The normalized spacial score (nSPS) is 14.7. The molecule has 114 heavy (non-hydrogen) atoms. The molecule has 0 heterocycles. The van der Waals surface area contributed by atoms with Gasteiger partial charge in [0.1, 0.15) is 0 Å². The number of benzene rings is 7. The highest BCUT2D eigenvalue weighted by Crippen LogP contribution is 2.42. The third-order valence-corrected chi connectivity index (χ3v) is 21.8. The number of carbonyl (C=O) groups excluding carboxylic acids is 7. The Hall–Kier alpha value is -10.6. The highest BCUT2D eigenvalue weighted by molar-refractivity contribution is 5.89. The van der Waals surface area contributed by atoms with Gasteiger partial charge in [0.05, 0.1) is 41.8 Å². The molecule has 0 spiro atoms. The summed E-state index contributed by atoms with van der Waals surface area (Å²) in [6.45, 7) is 18.7. The van der Waals surface area contributed by atoms with Crippen LogP contribution < -0.4 is 70.0 Å². The van der Waals surface area contributed by atoms with E-state index in [1.165, 1.54) is 152 Å². The molecular weight excluding hydrogens is 1440 g/mol. The second-order valence-electron chi connectivity index (χ2n) is 30.3. The van der Waals surface area contributed by atoms with E-state index in [4.69, 9.17) is 0 Å². The Morgan fingerprint density at radius 1 is 0.246 bits per heavy atom. The van der Waals surface area contributed by atoms with Gasteiger partial charge in [-0.1, -0.05) is 151 Å². The molecule has 6 aliphatic carbocycles. The maximum Gasteiger partial charge on any atom is 0.0715 e. The van der Waals surface area contributed by atoms with Gasteiger partial charge >= 0.3 is 0 Å². The summed E-state index contributed by atoms with van der Waals surface area (Å²) in [5, 5.41) is 74.4. The predicted octanol–water partition coefficient (Wildman–Crippen LogP) is 11.0. The number of rotatable bonds is 32. The molecule has 0 saturated heterocycles. The smallest absolute Gasteiger partial charge is 0.0715 e. The molecule has 0 bridgehead atoms. The molecule has 0 aromatic heterocycles. The Balaban J connectivity index is 0.000000185. The summed E-state index contributed by atoms with van der Waals surface area (Å²) < 4.78 is 0. The van der Waals surface area contributed by atoms with Gasteiger partial charge < -0.3 is 104 Å². The van der Waals surface area contributed by atoms with Crippen LogP contribution in [0.5, 0.6) is 0 Å². The van der Waals surface area contributed by atoms with Gasteiger partial charge in [-0.25, -0.2) is 0 Å². The molecule has 7 aromatic rings. The van der Waals surface area contributed by atoms with Crippen LogP contribution in [0.3, 0.4) is 0 Å². The number of nitrogens with zero attached hydrogens (tertiary/aromatic N) is 7. The molecule has 0 N–H and O–H groups in total.